The lowest BCUT2D eigenvalue weighted by molar-refractivity contribution is 0.0625. The first kappa shape index (κ1) is 52.1. The largest absolute Gasteiger partial charge is 0.389 e. The average molecular weight is 1000 g/mol. The number of hydrogen-bond acceptors (Lipinski definition) is 10. The molecule has 0 amide bonds. The third-order valence-electron chi connectivity index (χ3n) is 13.1. The van der Waals surface area contributed by atoms with E-state index in [1.54, 1.807) is 0 Å². The molecule has 10 rings (SSSR count). The van der Waals surface area contributed by atoms with Crippen molar-refractivity contribution in [3.63, 3.8) is 0 Å². The maximum absolute atomic E-state index is 10.9. The molecule has 4 aromatic heterocycles. The fourth-order valence-electron chi connectivity index (χ4n) is 9.87. The topological polar surface area (TPSA) is 124 Å². The van der Waals surface area contributed by atoms with Crippen molar-refractivity contribution >= 4 is 67.4 Å². The van der Waals surface area contributed by atoms with Crippen LogP contribution in [0.1, 0.15) is 76.6 Å². The molecule has 0 saturated heterocycles. The lowest BCUT2D eigenvalue weighted by Gasteiger charge is -2.26. The number of para-hydroxylation sites is 2. The Morgan fingerprint density at radius 1 is 0.467 bits per heavy atom. The minimum atomic E-state index is -0.909. The highest BCUT2D eigenvalue weighted by atomic mass is 16.3. The summed E-state index contributed by atoms with van der Waals surface area (Å²) in [5.41, 5.74) is 8.57. The third kappa shape index (κ3) is 12.6. The van der Waals surface area contributed by atoms with Gasteiger partial charge in [0.25, 0.3) is 0 Å². The Morgan fingerprint density at radius 3 is 1.24 bits per heavy atom. The maximum Gasteiger partial charge on any atom is 0.206 e. The number of pyridine rings is 2. The van der Waals surface area contributed by atoms with Crippen molar-refractivity contribution < 1.29 is 10.2 Å². The minimum absolute atomic E-state index is 0.417. The van der Waals surface area contributed by atoms with Gasteiger partial charge < -0.3 is 39.4 Å². The highest BCUT2D eigenvalue weighted by Gasteiger charge is 2.28. The van der Waals surface area contributed by atoms with E-state index in [0.717, 1.165) is 93.3 Å². The second-order valence-electron chi connectivity index (χ2n) is 20.9. The molecule has 6 aromatic carbocycles. The molecule has 0 saturated carbocycles. The molecule has 0 fully saturated rings. The van der Waals surface area contributed by atoms with Crippen LogP contribution < -0.4 is 20.0 Å². The number of anilines is 4. The highest BCUT2D eigenvalue weighted by Crippen LogP contribution is 2.38. The summed E-state index contributed by atoms with van der Waals surface area (Å²) < 4.78 is 4.31. The molecule has 4 heterocycles. The summed E-state index contributed by atoms with van der Waals surface area (Å²) in [5, 5.41) is 27.3. The Labute approximate surface area is 442 Å². The first-order valence-corrected chi connectivity index (χ1v) is 26.4. The zero-order chi connectivity index (χ0) is 52.5. The number of benzene rings is 6. The van der Waals surface area contributed by atoms with Gasteiger partial charge >= 0.3 is 0 Å². The quantitative estimate of drug-likeness (QED) is 0.0680. The van der Waals surface area contributed by atoms with Gasteiger partial charge in [0.05, 0.1) is 46.4 Å². The van der Waals surface area contributed by atoms with E-state index < -0.39 is 11.2 Å². The molecule has 0 atom stereocenters. The fraction of sp³-hybridized carbons (Fsp3) is 0.302. The lowest BCUT2D eigenvalue weighted by Crippen LogP contribution is -2.29. The normalized spacial score (nSPS) is 11.8. The summed E-state index contributed by atoms with van der Waals surface area (Å²) in [6.45, 7) is 17.0. The summed E-state index contributed by atoms with van der Waals surface area (Å²) in [7, 11) is 2.08. The first-order valence-electron chi connectivity index (χ1n) is 26.4. The van der Waals surface area contributed by atoms with Crippen LogP contribution in [0, 0.1) is 0 Å². The van der Waals surface area contributed by atoms with Crippen molar-refractivity contribution in [3.8, 4) is 0 Å². The molecular weight excluding hydrogens is 929 g/mol. The number of aromatic nitrogens is 6. The smallest absolute Gasteiger partial charge is 0.206 e. The van der Waals surface area contributed by atoms with Crippen molar-refractivity contribution in [3.05, 3.63) is 192 Å². The second-order valence-corrected chi connectivity index (χ2v) is 20.9. The summed E-state index contributed by atoms with van der Waals surface area (Å²) in [5.74, 6) is 3.31. The number of imidazole rings is 2. The summed E-state index contributed by atoms with van der Waals surface area (Å²) in [6, 6.07) is 58.5. The van der Waals surface area contributed by atoms with Crippen LogP contribution in [0.25, 0.3) is 43.9 Å². The molecule has 0 aliphatic carbocycles. The van der Waals surface area contributed by atoms with Gasteiger partial charge in [0, 0.05) is 57.1 Å². The van der Waals surface area contributed by atoms with Crippen molar-refractivity contribution in [1.82, 2.24) is 29.1 Å². The number of hydrogen-bond donors (Lipinski definition) is 3. The molecule has 10 aromatic rings. The van der Waals surface area contributed by atoms with E-state index in [0.29, 0.717) is 39.3 Å². The van der Waals surface area contributed by atoms with Crippen molar-refractivity contribution in [2.45, 2.75) is 105 Å². The number of nitrogens with zero attached hydrogens (tertiary/aromatic N) is 9. The molecule has 12 heteroatoms. The van der Waals surface area contributed by atoms with E-state index in [-0.39, 0.29) is 0 Å². The molecule has 3 N–H and O–H groups in total. The van der Waals surface area contributed by atoms with Gasteiger partial charge in [0.15, 0.2) is 11.6 Å². The van der Waals surface area contributed by atoms with Crippen molar-refractivity contribution in [1.29, 1.82) is 0 Å². The van der Waals surface area contributed by atoms with Gasteiger partial charge in [-0.2, -0.15) is 0 Å². The number of fused-ring (bicyclic) bond motifs is 6. The second kappa shape index (κ2) is 23.2. The van der Waals surface area contributed by atoms with Gasteiger partial charge in [0.2, 0.25) is 11.9 Å². The van der Waals surface area contributed by atoms with Gasteiger partial charge in [-0.1, -0.05) is 172 Å². The van der Waals surface area contributed by atoms with E-state index in [4.69, 9.17) is 19.9 Å². The Kier molecular flexibility index (Phi) is 16.1. The molecule has 0 unspecified atom stereocenters. The van der Waals surface area contributed by atoms with Crippen LogP contribution in [0.5, 0.6) is 0 Å². The molecule has 0 radical (unpaired) electrons. The number of rotatable bonds is 20. The maximum atomic E-state index is 10.9. The zero-order valence-electron chi connectivity index (χ0n) is 44.7. The monoisotopic (exact) mass is 1000 g/mol. The molecule has 0 aliphatic heterocycles. The molecular formula is C63H72N10O2. The van der Waals surface area contributed by atoms with Gasteiger partial charge in [-0.15, -0.1) is 0 Å². The lowest BCUT2D eigenvalue weighted by atomic mass is 10.1. The number of aliphatic hydroxyl groups is 2. The van der Waals surface area contributed by atoms with Gasteiger partial charge in [-0.05, 0) is 74.9 Å². The SMILES string of the molecule is CCCN(C)c1nc2c(N(Cc3ccccc3)Cc3ccccc3)nc3ccccc3c2n1CC(C)(C)O.CCCNc1nc2c(N(Cc3ccccc3)Cc3ccccc3)nc3ccccc3c2n1CC(C)(C)O. The van der Waals surface area contributed by atoms with Crippen LogP contribution in [-0.2, 0) is 39.3 Å². The Morgan fingerprint density at radius 2 is 0.840 bits per heavy atom. The van der Waals surface area contributed by atoms with Crippen LogP contribution in [0.15, 0.2) is 170 Å². The van der Waals surface area contributed by atoms with Gasteiger partial charge in [-0.25, -0.2) is 19.9 Å². The van der Waals surface area contributed by atoms with Gasteiger partial charge in [-0.3, -0.25) is 0 Å². The van der Waals surface area contributed by atoms with Crippen LogP contribution in [0.3, 0.4) is 0 Å². The fourth-order valence-corrected chi connectivity index (χ4v) is 9.87. The minimum Gasteiger partial charge on any atom is -0.389 e. The highest BCUT2D eigenvalue weighted by molar-refractivity contribution is 6.09. The van der Waals surface area contributed by atoms with Crippen molar-refractivity contribution in [2.75, 3.05) is 40.2 Å². The molecule has 0 aliphatic rings. The van der Waals surface area contributed by atoms with E-state index in [1.165, 1.54) is 22.3 Å². The van der Waals surface area contributed by atoms with E-state index >= 15 is 0 Å². The molecule has 12 nitrogen and oxygen atoms in total. The zero-order valence-corrected chi connectivity index (χ0v) is 44.7. The van der Waals surface area contributed by atoms with E-state index in [2.05, 4.69) is 171 Å². The van der Waals surface area contributed by atoms with E-state index in [1.807, 2.05) is 76.2 Å². The Bertz CT molecular complexity index is 3360. The summed E-state index contributed by atoms with van der Waals surface area (Å²) in [6.07, 6.45) is 1.98. The predicted octanol–water partition coefficient (Wildman–Crippen LogP) is 12.8. The van der Waals surface area contributed by atoms with E-state index in [9.17, 15) is 10.2 Å². The summed E-state index contributed by atoms with van der Waals surface area (Å²) >= 11 is 0. The predicted molar refractivity (Wildman–Crippen MR) is 311 cm³/mol. The Balaban J connectivity index is 0.000000184. The standard InChI is InChI=1S/C32H37N5O.C31H35N5O/c1-5-20-35(4)31-34-28-29(37(31)23-32(2,3)38)26-18-12-13-19-27(26)33-30(28)36(21-24-14-8-6-9-15-24)22-25-16-10-7-11-17-25;1-4-19-32-30-34-27-28(36(30)22-31(2,3)37)25-17-11-12-18-26(25)33-29(27)35(20-23-13-7-5-8-14-23)21-24-15-9-6-10-16-24/h6-19,38H,5,20-23H2,1-4H3;5-18,37H,4,19-22H2,1-3H3,(H,32,34). The molecule has 0 spiro atoms. The average Bonchev–Trinajstić information content (AvgIpc) is 3.97. The van der Waals surface area contributed by atoms with Crippen LogP contribution in [-0.4, -0.2) is 70.6 Å². The summed E-state index contributed by atoms with van der Waals surface area (Å²) in [4.78, 5) is 27.6. The molecule has 386 valence electrons. The van der Waals surface area contributed by atoms with Crippen LogP contribution >= 0.6 is 0 Å². The van der Waals surface area contributed by atoms with Crippen LogP contribution in [0.4, 0.5) is 23.5 Å². The molecule has 0 bridgehead atoms. The van der Waals surface area contributed by atoms with Crippen LogP contribution in [0.2, 0.25) is 0 Å². The van der Waals surface area contributed by atoms with Crippen molar-refractivity contribution in [2.24, 2.45) is 0 Å². The Hall–Kier alpha value is -7.80. The number of nitrogens with one attached hydrogen (secondary N) is 1. The third-order valence-corrected chi connectivity index (χ3v) is 13.1. The first-order chi connectivity index (χ1) is 36.3. The van der Waals surface area contributed by atoms with Gasteiger partial charge in [0.1, 0.15) is 11.0 Å². The molecule has 75 heavy (non-hydrogen) atoms.